The van der Waals surface area contributed by atoms with Crippen molar-refractivity contribution < 1.29 is 32.3 Å². The smallest absolute Gasteiger partial charge is 0.478 e. The Bertz CT molecular complexity index is 568. The highest BCUT2D eigenvalue weighted by molar-refractivity contribution is 7.86. The highest BCUT2D eigenvalue weighted by atomic mass is 32.3. The normalized spacial score (nSPS) is 11.3. The minimum Gasteiger partial charge on any atom is -0.478 e. The lowest BCUT2D eigenvalue weighted by Gasteiger charge is -2.09. The topological polar surface area (TPSA) is 112 Å². The molecule has 0 unspecified atom stereocenters. The fourth-order valence-corrected chi connectivity index (χ4v) is 1.87. The van der Waals surface area contributed by atoms with Gasteiger partial charge < -0.3 is 15.2 Å². The molecule has 0 bridgehead atoms. The molecule has 0 aromatic heterocycles. The van der Waals surface area contributed by atoms with Gasteiger partial charge >= 0.3 is 23.3 Å². The third-order valence-electron chi connectivity index (χ3n) is 2.21. The first-order valence-corrected chi connectivity index (χ1v) is 5.71. The van der Waals surface area contributed by atoms with Crippen molar-refractivity contribution in [1.82, 2.24) is 0 Å². The van der Waals surface area contributed by atoms with E-state index < -0.39 is 33.8 Å². The van der Waals surface area contributed by atoms with E-state index in [0.717, 1.165) is 0 Å². The van der Waals surface area contributed by atoms with Crippen molar-refractivity contribution in [2.24, 2.45) is 0 Å². The standard InChI is InChI=1S/C8H8BFO6S/c1-4-6(8(11)12)2-5(17(10,15)16)3-7(4)9(13)14/h2-3,13-14H,1H3,(H,11,12). The predicted molar refractivity (Wildman–Crippen MR) is 56.3 cm³/mol. The Kier molecular flexibility index (Phi) is 3.55. The van der Waals surface area contributed by atoms with Crippen LogP contribution in [0.15, 0.2) is 17.0 Å². The Labute approximate surface area is 96.7 Å². The number of benzene rings is 1. The van der Waals surface area contributed by atoms with Gasteiger partial charge in [0.05, 0.1) is 10.5 Å². The summed E-state index contributed by atoms with van der Waals surface area (Å²) in [7, 11) is -7.21. The number of rotatable bonds is 3. The largest absolute Gasteiger partial charge is 0.488 e. The molecule has 0 atom stereocenters. The molecule has 0 aliphatic rings. The molecule has 0 fully saturated rings. The summed E-state index contributed by atoms with van der Waals surface area (Å²) < 4.78 is 34.1. The Morgan fingerprint density at radius 1 is 1.35 bits per heavy atom. The molecule has 0 spiro atoms. The molecule has 1 rings (SSSR count). The van der Waals surface area contributed by atoms with Crippen LogP contribution in [-0.4, -0.2) is 36.7 Å². The zero-order chi connectivity index (χ0) is 13.4. The molecule has 0 aliphatic carbocycles. The highest BCUT2D eigenvalue weighted by Gasteiger charge is 2.24. The number of hydrogen-bond acceptors (Lipinski definition) is 5. The van der Waals surface area contributed by atoms with Gasteiger partial charge in [0.15, 0.2) is 0 Å². The molecule has 1 aromatic rings. The Balaban J connectivity index is 3.65. The summed E-state index contributed by atoms with van der Waals surface area (Å²) in [5.41, 5.74) is -0.923. The molecule has 0 radical (unpaired) electrons. The zero-order valence-electron chi connectivity index (χ0n) is 8.58. The summed E-state index contributed by atoms with van der Waals surface area (Å²) in [5.74, 6) is -1.49. The summed E-state index contributed by atoms with van der Waals surface area (Å²) in [6, 6.07) is 1.31. The van der Waals surface area contributed by atoms with Crippen molar-refractivity contribution in [1.29, 1.82) is 0 Å². The second-order valence-corrected chi connectivity index (χ2v) is 4.65. The van der Waals surface area contributed by atoms with Crippen LogP contribution < -0.4 is 5.46 Å². The van der Waals surface area contributed by atoms with Crippen molar-refractivity contribution in [3.8, 4) is 0 Å². The Morgan fingerprint density at radius 3 is 2.24 bits per heavy atom. The number of aromatic carboxylic acids is 1. The van der Waals surface area contributed by atoms with Gasteiger partial charge in [-0.05, 0) is 30.1 Å². The predicted octanol–water partition coefficient (Wildman–Crippen LogP) is -0.969. The number of carboxylic acids is 1. The van der Waals surface area contributed by atoms with E-state index in [9.17, 15) is 17.1 Å². The minimum absolute atomic E-state index is 0.0418. The average Bonchev–Trinajstić information content (AvgIpc) is 2.14. The van der Waals surface area contributed by atoms with Crippen molar-refractivity contribution in [2.75, 3.05) is 0 Å². The van der Waals surface area contributed by atoms with Gasteiger partial charge in [-0.1, -0.05) is 0 Å². The number of hydrogen-bond donors (Lipinski definition) is 3. The molecular weight excluding hydrogens is 254 g/mol. The average molecular weight is 262 g/mol. The van der Waals surface area contributed by atoms with Crippen LogP contribution in [0.2, 0.25) is 0 Å². The van der Waals surface area contributed by atoms with E-state index in [4.69, 9.17) is 15.2 Å². The van der Waals surface area contributed by atoms with Crippen molar-refractivity contribution in [3.05, 3.63) is 23.3 Å². The first-order valence-electron chi connectivity index (χ1n) is 4.33. The van der Waals surface area contributed by atoms with Crippen LogP contribution in [0.4, 0.5) is 3.89 Å². The molecule has 0 saturated carbocycles. The van der Waals surface area contributed by atoms with Crippen LogP contribution in [0.5, 0.6) is 0 Å². The number of halogens is 1. The first-order chi connectivity index (χ1) is 7.64. The van der Waals surface area contributed by atoms with Gasteiger partial charge in [-0.25, -0.2) is 4.79 Å². The third-order valence-corrected chi connectivity index (χ3v) is 3.01. The molecule has 0 aliphatic heterocycles. The summed E-state index contributed by atoms with van der Waals surface area (Å²) in [6.07, 6.45) is 0. The van der Waals surface area contributed by atoms with Gasteiger partial charge in [0.2, 0.25) is 0 Å². The van der Waals surface area contributed by atoms with Crippen molar-refractivity contribution in [2.45, 2.75) is 11.8 Å². The lowest BCUT2D eigenvalue weighted by atomic mass is 9.76. The zero-order valence-corrected chi connectivity index (χ0v) is 9.40. The van der Waals surface area contributed by atoms with Crippen molar-refractivity contribution >= 4 is 28.8 Å². The molecule has 1 aromatic carbocycles. The van der Waals surface area contributed by atoms with Crippen LogP contribution >= 0.6 is 0 Å². The lowest BCUT2D eigenvalue weighted by Crippen LogP contribution is -2.34. The SMILES string of the molecule is Cc1c(B(O)O)cc(S(=O)(=O)F)cc1C(=O)O. The molecule has 92 valence electrons. The monoisotopic (exact) mass is 262 g/mol. The minimum atomic E-state index is -5.12. The molecule has 3 N–H and O–H groups in total. The molecule has 0 saturated heterocycles. The van der Waals surface area contributed by atoms with E-state index in [2.05, 4.69) is 0 Å². The molecule has 6 nitrogen and oxygen atoms in total. The maximum atomic E-state index is 12.8. The third kappa shape index (κ3) is 2.81. The molecule has 9 heteroatoms. The van der Waals surface area contributed by atoms with E-state index >= 15 is 0 Å². The van der Waals surface area contributed by atoms with E-state index in [1.165, 1.54) is 6.92 Å². The number of carboxylic acid groups (broad SMARTS) is 1. The molecular formula is C8H8BFO6S. The quantitative estimate of drug-likeness (QED) is 0.477. The fourth-order valence-electron chi connectivity index (χ4n) is 1.34. The second-order valence-electron chi connectivity index (χ2n) is 3.30. The van der Waals surface area contributed by atoms with Gasteiger partial charge in [-0.15, -0.1) is 3.89 Å². The summed E-state index contributed by atoms with van der Waals surface area (Å²) in [5, 5.41) is 26.7. The summed E-state index contributed by atoms with van der Waals surface area (Å²) >= 11 is 0. The summed E-state index contributed by atoms with van der Waals surface area (Å²) in [6.45, 7) is 1.26. The molecule has 17 heavy (non-hydrogen) atoms. The van der Waals surface area contributed by atoms with Crippen LogP contribution in [0.3, 0.4) is 0 Å². The second kappa shape index (κ2) is 4.44. The maximum absolute atomic E-state index is 12.8. The fraction of sp³-hybridized carbons (Fsp3) is 0.125. The lowest BCUT2D eigenvalue weighted by molar-refractivity contribution is 0.0696. The Morgan fingerprint density at radius 2 is 1.88 bits per heavy atom. The van der Waals surface area contributed by atoms with Crippen molar-refractivity contribution in [3.63, 3.8) is 0 Å². The molecule has 0 amide bonds. The molecule has 0 heterocycles. The van der Waals surface area contributed by atoms with Gasteiger partial charge in [0.25, 0.3) is 0 Å². The number of carbonyl (C=O) groups is 1. The maximum Gasteiger partial charge on any atom is 0.488 e. The van der Waals surface area contributed by atoms with Crippen LogP contribution in [0, 0.1) is 6.92 Å². The van der Waals surface area contributed by atoms with E-state index in [-0.39, 0.29) is 11.0 Å². The van der Waals surface area contributed by atoms with Gasteiger partial charge in [-0.3, -0.25) is 0 Å². The van der Waals surface area contributed by atoms with Gasteiger partial charge in [-0.2, -0.15) is 8.42 Å². The van der Waals surface area contributed by atoms with E-state index in [1.807, 2.05) is 0 Å². The van der Waals surface area contributed by atoms with E-state index in [1.54, 1.807) is 0 Å². The van der Waals surface area contributed by atoms with Crippen LogP contribution in [0.1, 0.15) is 15.9 Å². The van der Waals surface area contributed by atoms with Crippen LogP contribution in [0.25, 0.3) is 0 Å². The van der Waals surface area contributed by atoms with Gasteiger partial charge in [0.1, 0.15) is 0 Å². The first kappa shape index (κ1) is 13.6. The van der Waals surface area contributed by atoms with Crippen LogP contribution in [-0.2, 0) is 10.2 Å². The Hall–Kier alpha value is -1.45. The highest BCUT2D eigenvalue weighted by Crippen LogP contribution is 2.16. The summed E-state index contributed by atoms with van der Waals surface area (Å²) in [4.78, 5) is 9.87. The van der Waals surface area contributed by atoms with E-state index in [0.29, 0.717) is 12.1 Å². The van der Waals surface area contributed by atoms with Gasteiger partial charge in [0, 0.05) is 0 Å².